The molecule has 1 rings (SSSR count). The molecule has 0 saturated heterocycles. The van der Waals surface area contributed by atoms with Gasteiger partial charge in [-0.25, -0.2) is 4.39 Å². The second-order valence-corrected chi connectivity index (χ2v) is 5.73. The molecule has 0 heterocycles. The molecule has 138 valence electrons. The number of carbonyl (C=O) groups is 2. The Morgan fingerprint density at radius 1 is 1.00 bits per heavy atom. The van der Waals surface area contributed by atoms with Crippen LogP contribution in [0.25, 0.3) is 0 Å². The van der Waals surface area contributed by atoms with E-state index in [0.29, 0.717) is 6.61 Å². The zero-order valence-electron chi connectivity index (χ0n) is 14.8. The van der Waals surface area contributed by atoms with Gasteiger partial charge in [0.2, 0.25) is 0 Å². The van der Waals surface area contributed by atoms with Crippen molar-refractivity contribution >= 4 is 11.9 Å². The Bertz CT molecular complexity index is 554. The molecule has 0 aliphatic heterocycles. The van der Waals surface area contributed by atoms with Crippen molar-refractivity contribution < 1.29 is 23.5 Å². The number of rotatable bonds is 12. The zero-order chi connectivity index (χ0) is 18.3. The number of benzene rings is 1. The third kappa shape index (κ3) is 10.3. The average molecular weight is 350 g/mol. The van der Waals surface area contributed by atoms with Gasteiger partial charge in [0, 0.05) is 0 Å². The van der Waals surface area contributed by atoms with Crippen LogP contribution in [-0.2, 0) is 14.3 Å². The molecule has 0 bridgehead atoms. The van der Waals surface area contributed by atoms with Crippen LogP contribution >= 0.6 is 0 Å². The number of halogens is 1. The van der Waals surface area contributed by atoms with Crippen LogP contribution in [0.1, 0.15) is 58.3 Å². The fraction of sp³-hybridized carbons (Fsp3) is 0.500. The van der Waals surface area contributed by atoms with E-state index in [1.54, 1.807) is 6.07 Å². The van der Waals surface area contributed by atoms with Crippen molar-refractivity contribution in [3.8, 4) is 5.75 Å². The van der Waals surface area contributed by atoms with Gasteiger partial charge in [-0.05, 0) is 37.8 Å². The molecule has 25 heavy (non-hydrogen) atoms. The van der Waals surface area contributed by atoms with Crippen LogP contribution in [-0.4, -0.2) is 18.5 Å². The Kier molecular flexibility index (Phi) is 11.0. The number of para-hydroxylation sites is 1. The summed E-state index contributed by atoms with van der Waals surface area (Å²) in [5.41, 5.74) is 0. The van der Waals surface area contributed by atoms with Gasteiger partial charge in [0.1, 0.15) is 0 Å². The molecule has 0 radical (unpaired) electrons. The molecule has 0 fully saturated rings. The molecule has 1 aromatic rings. The first-order chi connectivity index (χ1) is 12.1. The van der Waals surface area contributed by atoms with Crippen LogP contribution < -0.4 is 4.74 Å². The lowest BCUT2D eigenvalue weighted by Gasteiger charge is -2.05. The monoisotopic (exact) mass is 350 g/mol. The molecule has 0 N–H and O–H groups in total. The standard InChI is InChI=1S/C20H27FO4/c1-2-3-4-5-6-7-8-11-16-24-19(22)14-15-20(23)25-18-13-10-9-12-17(18)21/h6-7,9-10,12-13H,2-5,8,11,14-16H2,1H3/b7-6+. The minimum Gasteiger partial charge on any atom is -0.466 e. The second-order valence-electron chi connectivity index (χ2n) is 5.73. The summed E-state index contributed by atoms with van der Waals surface area (Å²) >= 11 is 0. The minimum absolute atomic E-state index is 0.0693. The first-order valence-corrected chi connectivity index (χ1v) is 8.89. The van der Waals surface area contributed by atoms with E-state index in [0.717, 1.165) is 19.3 Å². The van der Waals surface area contributed by atoms with Crippen molar-refractivity contribution in [3.05, 3.63) is 42.2 Å². The molecule has 0 aliphatic carbocycles. The van der Waals surface area contributed by atoms with Crippen molar-refractivity contribution in [3.63, 3.8) is 0 Å². The first kappa shape index (κ1) is 20.9. The molecule has 0 spiro atoms. The highest BCUT2D eigenvalue weighted by Crippen LogP contribution is 2.16. The van der Waals surface area contributed by atoms with Gasteiger partial charge in [-0.1, -0.05) is 44.1 Å². The summed E-state index contributed by atoms with van der Waals surface area (Å²) in [5.74, 6) is -1.85. The van der Waals surface area contributed by atoms with E-state index in [9.17, 15) is 14.0 Å². The normalized spacial score (nSPS) is 10.8. The van der Waals surface area contributed by atoms with Gasteiger partial charge in [0.15, 0.2) is 11.6 Å². The summed E-state index contributed by atoms with van der Waals surface area (Å²) < 4.78 is 23.2. The Hall–Kier alpha value is -2.17. The largest absolute Gasteiger partial charge is 0.466 e. The summed E-state index contributed by atoms with van der Waals surface area (Å²) in [6, 6.07) is 5.64. The van der Waals surface area contributed by atoms with Gasteiger partial charge in [-0.15, -0.1) is 0 Å². The van der Waals surface area contributed by atoms with Crippen LogP contribution in [0.2, 0.25) is 0 Å². The number of unbranched alkanes of at least 4 members (excludes halogenated alkanes) is 4. The lowest BCUT2D eigenvalue weighted by molar-refractivity contribution is -0.147. The number of hydrogen-bond donors (Lipinski definition) is 0. The molecule has 0 amide bonds. The minimum atomic E-state index is -0.655. The van der Waals surface area contributed by atoms with E-state index in [1.165, 1.54) is 37.5 Å². The molecule has 0 unspecified atom stereocenters. The van der Waals surface area contributed by atoms with Crippen LogP contribution in [0, 0.1) is 5.82 Å². The van der Waals surface area contributed by atoms with Crippen LogP contribution in [0.5, 0.6) is 5.75 Å². The lowest BCUT2D eigenvalue weighted by atomic mass is 10.2. The highest BCUT2D eigenvalue weighted by Gasteiger charge is 2.12. The van der Waals surface area contributed by atoms with E-state index in [2.05, 4.69) is 19.1 Å². The van der Waals surface area contributed by atoms with Gasteiger partial charge in [0.05, 0.1) is 19.4 Å². The second kappa shape index (κ2) is 13.2. The van der Waals surface area contributed by atoms with Gasteiger partial charge < -0.3 is 9.47 Å². The van der Waals surface area contributed by atoms with Crippen LogP contribution in [0.3, 0.4) is 0 Å². The number of ether oxygens (including phenoxy) is 2. The first-order valence-electron chi connectivity index (χ1n) is 8.89. The van der Waals surface area contributed by atoms with Gasteiger partial charge >= 0.3 is 11.9 Å². The third-order valence-electron chi connectivity index (χ3n) is 3.51. The summed E-state index contributed by atoms with van der Waals surface area (Å²) in [4.78, 5) is 23.1. The van der Waals surface area contributed by atoms with Crippen molar-refractivity contribution in [2.24, 2.45) is 0 Å². The van der Waals surface area contributed by atoms with E-state index in [4.69, 9.17) is 9.47 Å². The SMILES string of the molecule is CCCCC/C=C/CCCOC(=O)CCC(=O)Oc1ccccc1F. The Labute approximate surface area is 149 Å². The maximum atomic E-state index is 13.3. The number of allylic oxidation sites excluding steroid dienone is 2. The molecule has 0 aromatic heterocycles. The summed E-state index contributed by atoms with van der Waals surface area (Å²) in [6.45, 7) is 2.51. The highest BCUT2D eigenvalue weighted by molar-refractivity contribution is 5.79. The summed E-state index contributed by atoms with van der Waals surface area (Å²) in [6.07, 6.45) is 10.5. The van der Waals surface area contributed by atoms with E-state index >= 15 is 0 Å². The number of esters is 2. The number of hydrogen-bond acceptors (Lipinski definition) is 4. The molecule has 4 nitrogen and oxygen atoms in total. The van der Waals surface area contributed by atoms with E-state index in [1.807, 2.05) is 0 Å². The maximum Gasteiger partial charge on any atom is 0.311 e. The Morgan fingerprint density at radius 3 is 2.40 bits per heavy atom. The van der Waals surface area contributed by atoms with Gasteiger partial charge in [-0.2, -0.15) is 0 Å². The summed E-state index contributed by atoms with van der Waals surface area (Å²) in [5, 5.41) is 0. The molecule has 5 heteroatoms. The topological polar surface area (TPSA) is 52.6 Å². The quantitative estimate of drug-likeness (QED) is 0.231. The molecule has 0 atom stereocenters. The van der Waals surface area contributed by atoms with E-state index < -0.39 is 17.8 Å². The molecule has 1 aromatic carbocycles. The Balaban J connectivity index is 2.07. The van der Waals surface area contributed by atoms with Crippen LogP contribution in [0.4, 0.5) is 4.39 Å². The molecule has 0 saturated carbocycles. The van der Waals surface area contributed by atoms with Gasteiger partial charge in [-0.3, -0.25) is 9.59 Å². The molecular weight excluding hydrogens is 323 g/mol. The third-order valence-corrected chi connectivity index (χ3v) is 3.51. The smallest absolute Gasteiger partial charge is 0.311 e. The van der Waals surface area contributed by atoms with Crippen molar-refractivity contribution in [1.82, 2.24) is 0 Å². The predicted molar refractivity (Wildman–Crippen MR) is 94.7 cm³/mol. The van der Waals surface area contributed by atoms with Crippen molar-refractivity contribution in [1.29, 1.82) is 0 Å². The maximum absolute atomic E-state index is 13.3. The fourth-order valence-corrected chi connectivity index (χ4v) is 2.11. The average Bonchev–Trinajstić information content (AvgIpc) is 2.60. The summed E-state index contributed by atoms with van der Waals surface area (Å²) in [7, 11) is 0. The molecule has 0 aliphatic rings. The fourth-order valence-electron chi connectivity index (χ4n) is 2.11. The van der Waals surface area contributed by atoms with Crippen LogP contribution in [0.15, 0.2) is 36.4 Å². The van der Waals surface area contributed by atoms with Crippen molar-refractivity contribution in [2.45, 2.75) is 58.3 Å². The zero-order valence-corrected chi connectivity index (χ0v) is 14.8. The molecular formula is C20H27FO4. The van der Waals surface area contributed by atoms with Gasteiger partial charge in [0.25, 0.3) is 0 Å². The Morgan fingerprint density at radius 2 is 1.68 bits per heavy atom. The highest BCUT2D eigenvalue weighted by atomic mass is 19.1. The van der Waals surface area contributed by atoms with Crippen molar-refractivity contribution in [2.75, 3.05) is 6.61 Å². The number of carbonyl (C=O) groups excluding carboxylic acids is 2. The van der Waals surface area contributed by atoms with E-state index in [-0.39, 0.29) is 18.6 Å². The lowest BCUT2D eigenvalue weighted by Crippen LogP contribution is -2.13. The predicted octanol–water partition coefficient (Wildman–Crippen LogP) is 4.97.